The first-order valence-electron chi connectivity index (χ1n) is 8.27. The molecule has 0 aliphatic carbocycles. The van der Waals surface area contributed by atoms with Gasteiger partial charge in [0, 0.05) is 50.1 Å². The Kier molecular flexibility index (Phi) is 6.11. The van der Waals surface area contributed by atoms with Gasteiger partial charge in [0.1, 0.15) is 0 Å². The number of anilines is 1. The minimum absolute atomic E-state index is 0.730. The molecule has 0 saturated carbocycles. The number of aryl methyl sites for hydroxylation is 1. The van der Waals surface area contributed by atoms with Crippen LogP contribution in [0.5, 0.6) is 0 Å². The summed E-state index contributed by atoms with van der Waals surface area (Å²) in [6, 6.07) is 14.1. The van der Waals surface area contributed by atoms with Crippen molar-refractivity contribution in [1.82, 2.24) is 19.4 Å². The molecule has 1 aromatic carbocycles. The summed E-state index contributed by atoms with van der Waals surface area (Å²) >= 11 is 5.65. The number of benzene rings is 1. The van der Waals surface area contributed by atoms with Gasteiger partial charge in [-0.1, -0.05) is 18.2 Å². The Labute approximate surface area is 153 Å². The Morgan fingerprint density at radius 2 is 1.84 bits per heavy atom. The van der Waals surface area contributed by atoms with Crippen molar-refractivity contribution in [2.24, 2.45) is 0 Å². The molecule has 0 aliphatic rings. The summed E-state index contributed by atoms with van der Waals surface area (Å²) in [7, 11) is 0. The Morgan fingerprint density at radius 3 is 2.56 bits per heavy atom. The van der Waals surface area contributed by atoms with Gasteiger partial charge in [0.15, 0.2) is 5.11 Å². The maximum absolute atomic E-state index is 5.65. The van der Waals surface area contributed by atoms with E-state index in [9.17, 15) is 0 Å². The molecule has 0 unspecified atom stereocenters. The number of rotatable bonds is 7. The molecule has 0 saturated heterocycles. The topological polar surface area (TPSA) is 46.0 Å². The van der Waals surface area contributed by atoms with Crippen LogP contribution in [0.1, 0.15) is 12.0 Å². The fourth-order valence-electron chi connectivity index (χ4n) is 2.55. The Hall–Kier alpha value is -2.73. The summed E-state index contributed by atoms with van der Waals surface area (Å²) in [6.07, 6.45) is 10.2. The van der Waals surface area contributed by atoms with Crippen molar-refractivity contribution >= 4 is 23.0 Å². The number of para-hydroxylation sites is 1. The molecule has 0 aliphatic heterocycles. The maximum atomic E-state index is 5.65. The largest absolute Gasteiger partial charge is 0.345 e. The van der Waals surface area contributed by atoms with Gasteiger partial charge in [0.05, 0.1) is 6.33 Å². The second kappa shape index (κ2) is 8.94. The molecule has 5 nitrogen and oxygen atoms in total. The van der Waals surface area contributed by atoms with Gasteiger partial charge < -0.3 is 14.8 Å². The van der Waals surface area contributed by atoms with Crippen LogP contribution in [0.2, 0.25) is 0 Å². The number of nitrogens with zero attached hydrogens (tertiary/aromatic N) is 4. The number of hydrogen-bond donors (Lipinski definition) is 1. The van der Waals surface area contributed by atoms with E-state index in [1.807, 2.05) is 67.4 Å². The van der Waals surface area contributed by atoms with Gasteiger partial charge in [0.25, 0.3) is 0 Å². The van der Waals surface area contributed by atoms with E-state index in [-0.39, 0.29) is 0 Å². The smallest absolute Gasteiger partial charge is 0.173 e. The molecule has 0 amide bonds. The van der Waals surface area contributed by atoms with Gasteiger partial charge in [0.2, 0.25) is 0 Å². The molecule has 2 heterocycles. The highest BCUT2D eigenvalue weighted by molar-refractivity contribution is 7.80. The minimum atomic E-state index is 0.730. The number of pyridine rings is 1. The first-order chi connectivity index (χ1) is 12.3. The highest BCUT2D eigenvalue weighted by Crippen LogP contribution is 2.10. The van der Waals surface area contributed by atoms with E-state index < -0.39 is 0 Å². The second-order valence-corrected chi connectivity index (χ2v) is 6.11. The summed E-state index contributed by atoms with van der Waals surface area (Å²) in [6.45, 7) is 2.53. The average Bonchev–Trinajstić information content (AvgIpc) is 3.16. The lowest BCUT2D eigenvalue weighted by Gasteiger charge is -2.26. The minimum Gasteiger partial charge on any atom is -0.345 e. The standard InChI is InChI=1S/C19H21N5S/c25-19(22-18-5-2-1-3-6-18)24(15-17-7-9-20-10-8-17)13-4-12-23-14-11-21-16-23/h1-3,5-11,14,16H,4,12-13,15H2,(H,22,25). The van der Waals surface area contributed by atoms with Gasteiger partial charge in [-0.2, -0.15) is 0 Å². The van der Waals surface area contributed by atoms with Crippen molar-refractivity contribution in [3.63, 3.8) is 0 Å². The number of nitrogens with one attached hydrogen (secondary N) is 1. The van der Waals surface area contributed by atoms with E-state index in [0.717, 1.165) is 36.9 Å². The van der Waals surface area contributed by atoms with E-state index in [2.05, 4.69) is 24.8 Å². The Morgan fingerprint density at radius 1 is 1.04 bits per heavy atom. The van der Waals surface area contributed by atoms with Crippen molar-refractivity contribution < 1.29 is 0 Å². The second-order valence-electron chi connectivity index (χ2n) is 5.73. The van der Waals surface area contributed by atoms with E-state index in [1.54, 1.807) is 6.20 Å². The van der Waals surface area contributed by atoms with Crippen molar-refractivity contribution in [3.05, 3.63) is 79.1 Å². The van der Waals surface area contributed by atoms with Crippen LogP contribution in [0.15, 0.2) is 73.6 Å². The molecule has 3 aromatic rings. The van der Waals surface area contributed by atoms with Crippen molar-refractivity contribution in [1.29, 1.82) is 0 Å². The first-order valence-corrected chi connectivity index (χ1v) is 8.68. The third kappa shape index (κ3) is 5.39. The molecule has 0 spiro atoms. The van der Waals surface area contributed by atoms with Crippen molar-refractivity contribution in [3.8, 4) is 0 Å². The lowest BCUT2D eigenvalue weighted by molar-refractivity contribution is 0.396. The summed E-state index contributed by atoms with van der Waals surface area (Å²) < 4.78 is 2.08. The molecule has 3 rings (SSSR count). The number of aromatic nitrogens is 3. The van der Waals surface area contributed by atoms with Gasteiger partial charge in [-0.25, -0.2) is 4.98 Å². The fourth-order valence-corrected chi connectivity index (χ4v) is 2.82. The summed E-state index contributed by atoms with van der Waals surface area (Å²) in [5, 5.41) is 4.06. The fraction of sp³-hybridized carbons (Fsp3) is 0.211. The van der Waals surface area contributed by atoms with Crippen LogP contribution < -0.4 is 5.32 Å². The third-order valence-electron chi connectivity index (χ3n) is 3.84. The highest BCUT2D eigenvalue weighted by Gasteiger charge is 2.11. The number of imidazole rings is 1. The van der Waals surface area contributed by atoms with Crippen LogP contribution in [0, 0.1) is 0 Å². The summed E-state index contributed by atoms with van der Waals surface area (Å²) in [5.41, 5.74) is 2.19. The normalized spacial score (nSPS) is 10.4. The molecule has 128 valence electrons. The van der Waals surface area contributed by atoms with E-state index in [1.165, 1.54) is 5.56 Å². The van der Waals surface area contributed by atoms with Crippen LogP contribution in [0.25, 0.3) is 0 Å². The van der Waals surface area contributed by atoms with E-state index >= 15 is 0 Å². The Bertz CT molecular complexity index is 759. The van der Waals surface area contributed by atoms with E-state index in [0.29, 0.717) is 0 Å². The Balaban J connectivity index is 1.63. The monoisotopic (exact) mass is 351 g/mol. The molecule has 0 fully saturated rings. The summed E-state index contributed by atoms with van der Waals surface area (Å²) in [4.78, 5) is 10.4. The number of thiocarbonyl (C=S) groups is 1. The van der Waals surface area contributed by atoms with Crippen molar-refractivity contribution in [2.75, 3.05) is 11.9 Å². The molecule has 25 heavy (non-hydrogen) atoms. The molecule has 0 atom stereocenters. The van der Waals surface area contributed by atoms with Crippen LogP contribution in [0.4, 0.5) is 5.69 Å². The molecule has 1 N–H and O–H groups in total. The van der Waals surface area contributed by atoms with Crippen LogP contribution in [-0.4, -0.2) is 31.1 Å². The highest BCUT2D eigenvalue weighted by atomic mass is 32.1. The van der Waals surface area contributed by atoms with Gasteiger partial charge >= 0.3 is 0 Å². The van der Waals surface area contributed by atoms with Crippen molar-refractivity contribution in [2.45, 2.75) is 19.5 Å². The molecule has 6 heteroatoms. The SMILES string of the molecule is S=C(Nc1ccccc1)N(CCCn1ccnc1)Cc1ccncc1. The predicted octanol–water partition coefficient (Wildman–Crippen LogP) is 3.57. The van der Waals surface area contributed by atoms with Crippen LogP contribution in [-0.2, 0) is 13.1 Å². The zero-order valence-corrected chi connectivity index (χ0v) is 14.8. The zero-order valence-electron chi connectivity index (χ0n) is 14.0. The number of hydrogen-bond acceptors (Lipinski definition) is 3. The molecule has 0 radical (unpaired) electrons. The molecule has 2 aromatic heterocycles. The molecule has 0 bridgehead atoms. The maximum Gasteiger partial charge on any atom is 0.173 e. The predicted molar refractivity (Wildman–Crippen MR) is 104 cm³/mol. The lowest BCUT2D eigenvalue weighted by Crippen LogP contribution is -2.35. The lowest BCUT2D eigenvalue weighted by atomic mass is 10.2. The first kappa shape index (κ1) is 17.1. The van der Waals surface area contributed by atoms with Crippen LogP contribution in [0.3, 0.4) is 0 Å². The zero-order chi connectivity index (χ0) is 17.3. The quantitative estimate of drug-likeness (QED) is 0.660. The molecular formula is C19H21N5S. The van der Waals surface area contributed by atoms with Gasteiger partial charge in [-0.15, -0.1) is 0 Å². The van der Waals surface area contributed by atoms with Crippen LogP contribution >= 0.6 is 12.2 Å². The van der Waals surface area contributed by atoms with Gasteiger partial charge in [-0.3, -0.25) is 4.98 Å². The molecular weight excluding hydrogens is 330 g/mol. The third-order valence-corrected chi connectivity index (χ3v) is 4.20. The summed E-state index contributed by atoms with van der Waals surface area (Å²) in [5.74, 6) is 0. The average molecular weight is 351 g/mol. The van der Waals surface area contributed by atoms with E-state index in [4.69, 9.17) is 12.2 Å². The van der Waals surface area contributed by atoms with Gasteiger partial charge in [-0.05, 0) is 48.5 Å².